The average Bonchev–Trinajstić information content (AvgIpc) is 2.52. The van der Waals surface area contributed by atoms with E-state index in [9.17, 15) is 31.5 Å². The molecule has 0 N–H and O–H groups in total. The molecule has 0 spiro atoms. The Labute approximate surface area is 128 Å². The molecule has 1 unspecified atom stereocenters. The first-order chi connectivity index (χ1) is 10.8. The van der Waals surface area contributed by atoms with Gasteiger partial charge >= 0.3 is 5.97 Å². The van der Waals surface area contributed by atoms with Gasteiger partial charge in [0.2, 0.25) is 0 Å². The van der Waals surface area contributed by atoms with Crippen LogP contribution in [0.3, 0.4) is 0 Å². The van der Waals surface area contributed by atoms with Crippen molar-refractivity contribution in [2.24, 2.45) is 10.9 Å². The number of benzene rings is 1. The molecule has 0 fully saturated rings. The fourth-order valence-electron chi connectivity index (χ4n) is 1.62. The summed E-state index contributed by atoms with van der Waals surface area (Å²) in [6.07, 6.45) is 0.693. The van der Waals surface area contributed by atoms with E-state index in [0.717, 1.165) is 0 Å². The van der Waals surface area contributed by atoms with E-state index in [4.69, 9.17) is 0 Å². The number of Topliss-reactive ketones (excluding diaryl/α,β-unsaturated/α-hetero) is 1. The molecule has 126 valence electrons. The van der Waals surface area contributed by atoms with E-state index in [0.29, 0.717) is 6.21 Å². The molecule has 1 rings (SSSR count). The molecule has 0 aliphatic carbocycles. The quantitative estimate of drug-likeness (QED) is 0.146. The van der Waals surface area contributed by atoms with Gasteiger partial charge in [-0.25, -0.2) is 22.0 Å². The van der Waals surface area contributed by atoms with Crippen LogP contribution in [-0.2, 0) is 9.53 Å². The normalized spacial score (nSPS) is 12.4. The van der Waals surface area contributed by atoms with Crippen molar-refractivity contribution in [1.29, 1.82) is 0 Å². The highest BCUT2D eigenvalue weighted by Gasteiger charge is 2.32. The highest BCUT2D eigenvalue weighted by Crippen LogP contribution is 2.21. The number of nitrogens with zero attached hydrogens (tertiary/aromatic N) is 1. The van der Waals surface area contributed by atoms with Crippen LogP contribution in [-0.4, -0.2) is 37.8 Å². The van der Waals surface area contributed by atoms with Crippen LogP contribution >= 0.6 is 0 Å². The van der Waals surface area contributed by atoms with Gasteiger partial charge in [0.15, 0.2) is 35.0 Å². The molecule has 0 saturated heterocycles. The van der Waals surface area contributed by atoms with Gasteiger partial charge in [-0.1, -0.05) is 0 Å². The summed E-state index contributed by atoms with van der Waals surface area (Å²) in [4.78, 5) is 27.2. The average molecular weight is 337 g/mol. The zero-order chi connectivity index (χ0) is 17.6. The number of esters is 1. The SMILES string of the molecule is CCOC(=O)C(C=NCCF)C(=O)c1cc(F)c(F)c(F)c1F. The second-order valence-corrected chi connectivity index (χ2v) is 4.19. The Bertz CT molecular complexity index is 633. The number of carbonyl (C=O) groups is 2. The monoisotopic (exact) mass is 337 g/mol. The van der Waals surface area contributed by atoms with Gasteiger partial charge < -0.3 is 4.74 Å². The third-order valence-corrected chi connectivity index (χ3v) is 2.66. The van der Waals surface area contributed by atoms with Crippen LogP contribution in [0.2, 0.25) is 0 Å². The van der Waals surface area contributed by atoms with Crippen molar-refractivity contribution in [3.05, 3.63) is 34.9 Å². The van der Waals surface area contributed by atoms with Gasteiger partial charge in [0.05, 0.1) is 18.7 Å². The first-order valence-corrected chi connectivity index (χ1v) is 6.44. The molecule has 0 saturated carbocycles. The first kappa shape index (κ1) is 18.7. The molecule has 9 heteroatoms. The van der Waals surface area contributed by atoms with E-state index >= 15 is 0 Å². The van der Waals surface area contributed by atoms with Gasteiger partial charge in [0.1, 0.15) is 6.67 Å². The molecule has 0 radical (unpaired) electrons. The third-order valence-electron chi connectivity index (χ3n) is 2.66. The highest BCUT2D eigenvalue weighted by atomic mass is 19.2. The van der Waals surface area contributed by atoms with Crippen molar-refractivity contribution in [1.82, 2.24) is 0 Å². The number of aliphatic imine (C=N–C) groups is 1. The summed E-state index contributed by atoms with van der Waals surface area (Å²) in [6, 6.07) is 0.130. The maximum absolute atomic E-state index is 13.6. The fourth-order valence-corrected chi connectivity index (χ4v) is 1.62. The van der Waals surface area contributed by atoms with Gasteiger partial charge in [-0.3, -0.25) is 14.6 Å². The van der Waals surface area contributed by atoms with Crippen molar-refractivity contribution in [3.8, 4) is 0 Å². The van der Waals surface area contributed by atoms with Crippen LogP contribution in [0.25, 0.3) is 0 Å². The maximum atomic E-state index is 13.6. The smallest absolute Gasteiger partial charge is 0.322 e. The van der Waals surface area contributed by atoms with Gasteiger partial charge in [0, 0.05) is 6.21 Å². The standard InChI is InChI=1S/C14H12F5NO3/c1-2-23-14(22)8(6-20-4-3-15)13(21)7-5-9(16)11(18)12(19)10(7)17/h5-6,8H,2-4H2,1H3. The largest absolute Gasteiger partial charge is 0.465 e. The molecule has 0 aliphatic heterocycles. The lowest BCUT2D eigenvalue weighted by molar-refractivity contribution is -0.143. The molecule has 0 bridgehead atoms. The Morgan fingerprint density at radius 1 is 1.22 bits per heavy atom. The molecule has 1 aromatic carbocycles. The van der Waals surface area contributed by atoms with E-state index in [-0.39, 0.29) is 19.2 Å². The van der Waals surface area contributed by atoms with Gasteiger partial charge in [-0.15, -0.1) is 0 Å². The second kappa shape index (κ2) is 8.35. The van der Waals surface area contributed by atoms with E-state index < -0.39 is 53.2 Å². The number of ether oxygens (including phenoxy) is 1. The second-order valence-electron chi connectivity index (χ2n) is 4.19. The Hall–Kier alpha value is -2.32. The number of ketones is 1. The minimum Gasteiger partial charge on any atom is -0.465 e. The summed E-state index contributed by atoms with van der Waals surface area (Å²) in [6.45, 7) is 0.0380. The van der Waals surface area contributed by atoms with E-state index in [1.165, 1.54) is 6.92 Å². The van der Waals surface area contributed by atoms with E-state index in [2.05, 4.69) is 9.73 Å². The Morgan fingerprint density at radius 3 is 2.43 bits per heavy atom. The number of halogens is 5. The number of hydrogen-bond acceptors (Lipinski definition) is 4. The molecule has 0 amide bonds. The van der Waals surface area contributed by atoms with Gasteiger partial charge in [0.25, 0.3) is 0 Å². The molecule has 23 heavy (non-hydrogen) atoms. The molecule has 4 nitrogen and oxygen atoms in total. The van der Waals surface area contributed by atoms with Crippen LogP contribution in [0, 0.1) is 29.2 Å². The van der Waals surface area contributed by atoms with E-state index in [1.807, 2.05) is 0 Å². The Morgan fingerprint density at radius 2 is 1.87 bits per heavy atom. The van der Waals surface area contributed by atoms with Crippen molar-refractivity contribution < 1.29 is 36.3 Å². The maximum Gasteiger partial charge on any atom is 0.322 e. The zero-order valence-corrected chi connectivity index (χ0v) is 11.9. The summed E-state index contributed by atoms with van der Waals surface area (Å²) in [5.74, 6) is -12.4. The van der Waals surface area contributed by atoms with Crippen LogP contribution < -0.4 is 0 Å². The van der Waals surface area contributed by atoms with Crippen molar-refractivity contribution in [2.45, 2.75) is 6.92 Å². The summed E-state index contributed by atoms with van der Waals surface area (Å²) in [5.41, 5.74) is -1.17. The molecular formula is C14H12F5NO3. The molecule has 0 aliphatic rings. The van der Waals surface area contributed by atoms with Crippen LogP contribution in [0.5, 0.6) is 0 Å². The first-order valence-electron chi connectivity index (χ1n) is 6.44. The van der Waals surface area contributed by atoms with Crippen molar-refractivity contribution in [3.63, 3.8) is 0 Å². The number of alkyl halides is 1. The predicted octanol–water partition coefficient (Wildman–Crippen LogP) is 2.65. The lowest BCUT2D eigenvalue weighted by Crippen LogP contribution is -2.29. The number of rotatable bonds is 7. The van der Waals surface area contributed by atoms with Gasteiger partial charge in [-0.2, -0.15) is 0 Å². The van der Waals surface area contributed by atoms with Gasteiger partial charge in [-0.05, 0) is 13.0 Å². The fraction of sp³-hybridized carbons (Fsp3) is 0.357. The van der Waals surface area contributed by atoms with Crippen LogP contribution in [0.4, 0.5) is 22.0 Å². The Balaban J connectivity index is 3.27. The third kappa shape index (κ3) is 4.33. The lowest BCUT2D eigenvalue weighted by atomic mass is 9.97. The van der Waals surface area contributed by atoms with Crippen molar-refractivity contribution in [2.75, 3.05) is 19.8 Å². The minimum absolute atomic E-state index is 0.130. The summed E-state index contributed by atoms with van der Waals surface area (Å²) < 4.78 is 69.5. The van der Waals surface area contributed by atoms with Crippen LogP contribution in [0.1, 0.15) is 17.3 Å². The zero-order valence-electron chi connectivity index (χ0n) is 11.9. The molecular weight excluding hydrogens is 325 g/mol. The van der Waals surface area contributed by atoms with Crippen molar-refractivity contribution >= 4 is 18.0 Å². The highest BCUT2D eigenvalue weighted by molar-refractivity contribution is 6.18. The molecule has 1 aromatic rings. The molecule has 0 heterocycles. The minimum atomic E-state index is -2.18. The summed E-state index contributed by atoms with van der Waals surface area (Å²) in [7, 11) is 0. The molecule has 0 aromatic heterocycles. The number of carbonyl (C=O) groups excluding carboxylic acids is 2. The van der Waals surface area contributed by atoms with E-state index in [1.54, 1.807) is 0 Å². The topological polar surface area (TPSA) is 55.7 Å². The Kier molecular flexibility index (Phi) is 6.80. The number of hydrogen-bond donors (Lipinski definition) is 0. The summed E-state index contributed by atoms with van der Waals surface area (Å²) in [5, 5.41) is 0. The summed E-state index contributed by atoms with van der Waals surface area (Å²) >= 11 is 0. The lowest BCUT2D eigenvalue weighted by Gasteiger charge is -2.11. The predicted molar refractivity (Wildman–Crippen MR) is 70.1 cm³/mol. The molecule has 1 atom stereocenters. The van der Waals surface area contributed by atoms with Crippen LogP contribution in [0.15, 0.2) is 11.1 Å².